The molecule has 0 atom stereocenters. The fourth-order valence-electron chi connectivity index (χ4n) is 2.18. The summed E-state index contributed by atoms with van der Waals surface area (Å²) in [6.07, 6.45) is 0. The van der Waals surface area contributed by atoms with Crippen LogP contribution in [-0.2, 0) is 0 Å². The highest BCUT2D eigenvalue weighted by Crippen LogP contribution is 2.26. The third-order valence-electron chi connectivity index (χ3n) is 3.25. The maximum atomic E-state index is 12.3. The van der Waals surface area contributed by atoms with Crippen LogP contribution in [0.4, 0.5) is 5.69 Å². The van der Waals surface area contributed by atoms with Gasteiger partial charge in [0.2, 0.25) is 0 Å². The van der Waals surface area contributed by atoms with Gasteiger partial charge in [0.15, 0.2) is 0 Å². The number of halogens is 1. The van der Waals surface area contributed by atoms with E-state index in [0.29, 0.717) is 10.0 Å². The van der Waals surface area contributed by atoms with Crippen molar-refractivity contribution in [3.8, 4) is 5.75 Å². The van der Waals surface area contributed by atoms with E-state index in [-0.39, 0.29) is 11.7 Å². The van der Waals surface area contributed by atoms with Crippen molar-refractivity contribution in [1.82, 2.24) is 0 Å². The molecular formula is C17H12BrNO2. The van der Waals surface area contributed by atoms with E-state index in [9.17, 15) is 9.90 Å². The van der Waals surface area contributed by atoms with Crippen LogP contribution in [0.3, 0.4) is 0 Å². The molecule has 3 aromatic carbocycles. The second-order valence-electron chi connectivity index (χ2n) is 4.65. The first-order valence-corrected chi connectivity index (χ1v) is 7.22. The van der Waals surface area contributed by atoms with Gasteiger partial charge in [-0.1, -0.05) is 36.4 Å². The van der Waals surface area contributed by atoms with Crippen molar-refractivity contribution in [2.75, 3.05) is 5.32 Å². The summed E-state index contributed by atoms with van der Waals surface area (Å²) in [6, 6.07) is 18.3. The Bertz CT molecular complexity index is 825. The first-order valence-electron chi connectivity index (χ1n) is 6.43. The van der Waals surface area contributed by atoms with Crippen LogP contribution in [0.5, 0.6) is 5.75 Å². The molecule has 0 unspecified atom stereocenters. The van der Waals surface area contributed by atoms with Crippen LogP contribution in [0, 0.1) is 0 Å². The van der Waals surface area contributed by atoms with Crippen molar-refractivity contribution in [1.29, 1.82) is 0 Å². The number of phenolic OH excluding ortho intramolecular Hbond substituents is 1. The molecular weight excluding hydrogens is 330 g/mol. The lowest BCUT2D eigenvalue weighted by atomic mass is 10.1. The molecule has 0 bridgehead atoms. The van der Waals surface area contributed by atoms with E-state index >= 15 is 0 Å². The molecule has 104 valence electrons. The number of anilines is 1. The SMILES string of the molecule is O=C(Nc1cccc2ccccc12)c1ccc(Br)c(O)c1. The van der Waals surface area contributed by atoms with Gasteiger partial charge in [0, 0.05) is 16.6 Å². The van der Waals surface area contributed by atoms with Gasteiger partial charge in [0.25, 0.3) is 5.91 Å². The van der Waals surface area contributed by atoms with E-state index < -0.39 is 0 Å². The van der Waals surface area contributed by atoms with Gasteiger partial charge in [0.1, 0.15) is 5.75 Å². The number of benzene rings is 3. The van der Waals surface area contributed by atoms with E-state index in [1.54, 1.807) is 12.1 Å². The van der Waals surface area contributed by atoms with Gasteiger partial charge >= 0.3 is 0 Å². The van der Waals surface area contributed by atoms with Gasteiger partial charge in [-0.15, -0.1) is 0 Å². The second-order valence-corrected chi connectivity index (χ2v) is 5.50. The summed E-state index contributed by atoms with van der Waals surface area (Å²) in [5.74, 6) is -0.213. The van der Waals surface area contributed by atoms with Crippen molar-refractivity contribution in [2.45, 2.75) is 0 Å². The summed E-state index contributed by atoms with van der Waals surface area (Å²) in [5.41, 5.74) is 1.16. The van der Waals surface area contributed by atoms with Gasteiger partial charge < -0.3 is 10.4 Å². The monoisotopic (exact) mass is 341 g/mol. The zero-order valence-corrected chi connectivity index (χ0v) is 12.6. The number of carbonyl (C=O) groups is 1. The lowest BCUT2D eigenvalue weighted by molar-refractivity contribution is 0.102. The Labute approximate surface area is 130 Å². The molecule has 0 saturated heterocycles. The minimum absolute atomic E-state index is 0.0422. The Kier molecular flexibility index (Phi) is 3.62. The van der Waals surface area contributed by atoms with E-state index in [4.69, 9.17) is 0 Å². The normalized spacial score (nSPS) is 10.5. The largest absolute Gasteiger partial charge is 0.507 e. The minimum Gasteiger partial charge on any atom is -0.507 e. The highest BCUT2D eigenvalue weighted by molar-refractivity contribution is 9.10. The predicted molar refractivity (Wildman–Crippen MR) is 87.7 cm³/mol. The summed E-state index contributed by atoms with van der Waals surface area (Å²) >= 11 is 3.20. The van der Waals surface area contributed by atoms with Gasteiger partial charge in [0.05, 0.1) is 4.47 Å². The number of nitrogens with one attached hydrogen (secondary N) is 1. The summed E-state index contributed by atoms with van der Waals surface area (Å²) in [7, 11) is 0. The number of phenols is 1. The molecule has 0 saturated carbocycles. The summed E-state index contributed by atoms with van der Waals surface area (Å²) < 4.78 is 0.559. The smallest absolute Gasteiger partial charge is 0.255 e. The van der Waals surface area contributed by atoms with Gasteiger partial charge in [-0.2, -0.15) is 0 Å². The summed E-state index contributed by atoms with van der Waals surface area (Å²) in [6.45, 7) is 0. The fraction of sp³-hybridized carbons (Fsp3) is 0. The highest BCUT2D eigenvalue weighted by atomic mass is 79.9. The first-order chi connectivity index (χ1) is 10.1. The molecule has 21 heavy (non-hydrogen) atoms. The van der Waals surface area contributed by atoms with E-state index in [1.807, 2.05) is 42.5 Å². The van der Waals surface area contributed by atoms with Gasteiger partial charge in [-0.25, -0.2) is 0 Å². The molecule has 1 amide bonds. The van der Waals surface area contributed by atoms with E-state index in [0.717, 1.165) is 16.5 Å². The zero-order chi connectivity index (χ0) is 14.8. The topological polar surface area (TPSA) is 49.3 Å². The molecule has 3 rings (SSSR count). The number of fused-ring (bicyclic) bond motifs is 1. The number of rotatable bonds is 2. The predicted octanol–water partition coefficient (Wildman–Crippen LogP) is 4.56. The third kappa shape index (κ3) is 2.76. The third-order valence-corrected chi connectivity index (χ3v) is 3.92. The first kappa shape index (κ1) is 13.6. The average Bonchev–Trinajstić information content (AvgIpc) is 2.50. The molecule has 0 radical (unpaired) electrons. The molecule has 0 aliphatic heterocycles. The van der Waals surface area contributed by atoms with E-state index in [2.05, 4.69) is 21.2 Å². The number of hydrogen-bond acceptors (Lipinski definition) is 2. The average molecular weight is 342 g/mol. The quantitative estimate of drug-likeness (QED) is 0.717. The zero-order valence-electron chi connectivity index (χ0n) is 11.0. The molecule has 0 aliphatic rings. The molecule has 0 heterocycles. The standard InChI is InChI=1S/C17H12BrNO2/c18-14-9-8-12(10-16(14)20)17(21)19-15-7-3-5-11-4-1-2-6-13(11)15/h1-10,20H,(H,19,21). The maximum absolute atomic E-state index is 12.3. The maximum Gasteiger partial charge on any atom is 0.255 e. The summed E-state index contributed by atoms with van der Waals surface area (Å²) in [4.78, 5) is 12.3. The lowest BCUT2D eigenvalue weighted by Crippen LogP contribution is -2.12. The second kappa shape index (κ2) is 5.58. The fourth-order valence-corrected chi connectivity index (χ4v) is 2.43. The van der Waals surface area contributed by atoms with Crippen LogP contribution in [-0.4, -0.2) is 11.0 Å². The van der Waals surface area contributed by atoms with Crippen LogP contribution >= 0.6 is 15.9 Å². The Balaban J connectivity index is 1.94. The molecule has 3 nitrogen and oxygen atoms in total. The number of amides is 1. The molecule has 0 fully saturated rings. The van der Waals surface area contributed by atoms with Crippen molar-refractivity contribution >= 4 is 38.3 Å². The van der Waals surface area contributed by atoms with Crippen LogP contribution in [0.2, 0.25) is 0 Å². The van der Waals surface area contributed by atoms with Crippen LogP contribution in [0.1, 0.15) is 10.4 Å². The minimum atomic E-state index is -0.255. The van der Waals surface area contributed by atoms with Crippen molar-refractivity contribution in [3.63, 3.8) is 0 Å². The lowest BCUT2D eigenvalue weighted by Gasteiger charge is -2.09. The molecule has 0 aliphatic carbocycles. The Morgan fingerprint density at radius 2 is 1.76 bits per heavy atom. The number of hydrogen-bond donors (Lipinski definition) is 2. The molecule has 0 aromatic heterocycles. The Hall–Kier alpha value is -2.33. The number of aromatic hydroxyl groups is 1. The Morgan fingerprint density at radius 1 is 1.00 bits per heavy atom. The van der Waals surface area contributed by atoms with Crippen LogP contribution in [0.15, 0.2) is 65.1 Å². The number of carbonyl (C=O) groups excluding carboxylic acids is 1. The molecule has 2 N–H and O–H groups in total. The highest BCUT2D eigenvalue weighted by Gasteiger charge is 2.10. The molecule has 0 spiro atoms. The van der Waals surface area contributed by atoms with Gasteiger partial charge in [-0.3, -0.25) is 4.79 Å². The van der Waals surface area contributed by atoms with Crippen molar-refractivity contribution in [3.05, 3.63) is 70.7 Å². The van der Waals surface area contributed by atoms with Crippen molar-refractivity contribution in [2.24, 2.45) is 0 Å². The summed E-state index contributed by atoms with van der Waals surface area (Å²) in [5, 5.41) is 14.6. The van der Waals surface area contributed by atoms with Crippen LogP contribution < -0.4 is 5.32 Å². The molecule has 3 aromatic rings. The van der Waals surface area contributed by atoms with Crippen molar-refractivity contribution < 1.29 is 9.90 Å². The Morgan fingerprint density at radius 3 is 2.57 bits per heavy atom. The van der Waals surface area contributed by atoms with Gasteiger partial charge in [-0.05, 0) is 45.6 Å². The molecule has 4 heteroatoms. The van der Waals surface area contributed by atoms with Crippen LogP contribution in [0.25, 0.3) is 10.8 Å². The van der Waals surface area contributed by atoms with E-state index in [1.165, 1.54) is 6.07 Å².